The van der Waals surface area contributed by atoms with E-state index in [0.29, 0.717) is 11.4 Å². The number of aromatic nitrogens is 5. The molecule has 4 rings (SSSR count). The maximum Gasteiger partial charge on any atom is 0.217 e. The van der Waals surface area contributed by atoms with Gasteiger partial charge in [0.15, 0.2) is 5.82 Å². The van der Waals surface area contributed by atoms with Gasteiger partial charge in [0.25, 0.3) is 0 Å². The molecule has 2 aromatic heterocycles. The molecule has 1 N–H and O–H groups in total. The Morgan fingerprint density at radius 2 is 1.79 bits per heavy atom. The monoisotopic (exact) mass is 404 g/mol. The van der Waals surface area contributed by atoms with Crippen LogP contribution in [0.1, 0.15) is 16.7 Å². The van der Waals surface area contributed by atoms with E-state index in [2.05, 4.69) is 76.6 Å². The molecule has 7 heteroatoms. The van der Waals surface area contributed by atoms with Crippen LogP contribution in [0, 0.1) is 11.7 Å². The Bertz CT molecular complexity index is 1120. The van der Waals surface area contributed by atoms with Crippen LogP contribution in [0.15, 0.2) is 67.0 Å². The lowest BCUT2D eigenvalue weighted by molar-refractivity contribution is 0.244. The second-order valence-corrected chi connectivity index (χ2v) is 7.70. The van der Waals surface area contributed by atoms with Crippen LogP contribution < -0.4 is 0 Å². The van der Waals surface area contributed by atoms with E-state index >= 15 is 0 Å². The van der Waals surface area contributed by atoms with Crippen molar-refractivity contribution < 1.29 is 0 Å². The van der Waals surface area contributed by atoms with Gasteiger partial charge < -0.3 is 0 Å². The van der Waals surface area contributed by atoms with Crippen LogP contribution in [0.5, 0.6) is 0 Å². The predicted molar refractivity (Wildman–Crippen MR) is 117 cm³/mol. The van der Waals surface area contributed by atoms with E-state index in [9.17, 15) is 0 Å². The van der Waals surface area contributed by atoms with Gasteiger partial charge in [0.1, 0.15) is 0 Å². The van der Waals surface area contributed by atoms with Crippen molar-refractivity contribution in [3.05, 3.63) is 88.5 Å². The molecule has 0 amide bonds. The number of aryl methyl sites for hydroxylation is 1. The molecule has 0 radical (unpaired) electrons. The molecule has 0 aliphatic carbocycles. The van der Waals surface area contributed by atoms with Crippen LogP contribution in [0.25, 0.3) is 11.4 Å². The third-order valence-corrected chi connectivity index (χ3v) is 5.03. The van der Waals surface area contributed by atoms with E-state index in [1.807, 2.05) is 33.8 Å². The molecular formula is C22H24N6S. The molecule has 148 valence electrons. The van der Waals surface area contributed by atoms with Crippen LogP contribution in [0.4, 0.5) is 0 Å². The Labute approximate surface area is 175 Å². The van der Waals surface area contributed by atoms with E-state index in [4.69, 9.17) is 12.2 Å². The number of H-pyrrole nitrogens is 1. The molecular weight excluding hydrogens is 380 g/mol. The van der Waals surface area contributed by atoms with Crippen molar-refractivity contribution in [1.29, 1.82) is 0 Å². The highest BCUT2D eigenvalue weighted by Gasteiger charge is 2.09. The zero-order valence-corrected chi connectivity index (χ0v) is 17.4. The van der Waals surface area contributed by atoms with Crippen LogP contribution in [-0.4, -0.2) is 36.5 Å². The van der Waals surface area contributed by atoms with Gasteiger partial charge in [-0.15, -0.1) is 0 Å². The summed E-state index contributed by atoms with van der Waals surface area (Å²) in [5, 5.41) is 7.79. The third-order valence-electron chi connectivity index (χ3n) is 4.71. The molecule has 0 atom stereocenters. The van der Waals surface area contributed by atoms with Gasteiger partial charge in [-0.1, -0.05) is 60.2 Å². The number of hydrogen-bond donors (Lipinski definition) is 1. The van der Waals surface area contributed by atoms with Crippen LogP contribution in [-0.2, 0) is 19.8 Å². The largest absolute Gasteiger partial charge is 0.283 e. The summed E-state index contributed by atoms with van der Waals surface area (Å²) in [6.45, 7) is 4.24. The van der Waals surface area contributed by atoms with Crippen molar-refractivity contribution in [2.24, 2.45) is 0 Å². The Kier molecular flexibility index (Phi) is 5.69. The summed E-state index contributed by atoms with van der Waals surface area (Å²) in [7, 11) is 2.06. The topological polar surface area (TPSA) is 54.7 Å². The fourth-order valence-corrected chi connectivity index (χ4v) is 3.44. The fourth-order valence-electron chi connectivity index (χ4n) is 3.24. The first-order valence-corrected chi connectivity index (χ1v) is 9.95. The van der Waals surface area contributed by atoms with E-state index in [1.165, 1.54) is 11.1 Å². The summed E-state index contributed by atoms with van der Waals surface area (Å²) in [5.41, 5.74) is 4.65. The van der Waals surface area contributed by atoms with Crippen LogP contribution in [0.2, 0.25) is 0 Å². The normalized spacial score (nSPS) is 11.3. The minimum Gasteiger partial charge on any atom is -0.283 e. The molecule has 2 aromatic carbocycles. The zero-order valence-electron chi connectivity index (χ0n) is 16.6. The van der Waals surface area contributed by atoms with Gasteiger partial charge in [-0.3, -0.25) is 14.7 Å². The van der Waals surface area contributed by atoms with Crippen LogP contribution >= 0.6 is 12.2 Å². The number of hydrogen-bond acceptors (Lipinski definition) is 4. The molecule has 0 aliphatic heterocycles. The number of rotatable bonds is 7. The molecule has 6 nitrogen and oxygen atoms in total. The van der Waals surface area contributed by atoms with Gasteiger partial charge in [0, 0.05) is 23.9 Å². The highest BCUT2D eigenvalue weighted by molar-refractivity contribution is 7.71. The van der Waals surface area contributed by atoms with Crippen LogP contribution in [0.3, 0.4) is 0 Å². The molecule has 0 saturated carbocycles. The second kappa shape index (κ2) is 8.55. The number of benzene rings is 2. The highest BCUT2D eigenvalue weighted by atomic mass is 32.1. The minimum absolute atomic E-state index is 0.548. The van der Waals surface area contributed by atoms with Crippen molar-refractivity contribution in [3.63, 3.8) is 0 Å². The Morgan fingerprint density at radius 3 is 2.55 bits per heavy atom. The molecule has 0 aliphatic rings. The fraction of sp³-hybridized carbons (Fsp3) is 0.227. The summed E-state index contributed by atoms with van der Waals surface area (Å²) < 4.78 is 4.40. The van der Waals surface area contributed by atoms with Crippen molar-refractivity contribution in [3.8, 4) is 11.4 Å². The van der Waals surface area contributed by atoms with Gasteiger partial charge in [0.2, 0.25) is 4.77 Å². The molecule has 29 heavy (non-hydrogen) atoms. The number of aromatic amines is 1. The zero-order chi connectivity index (χ0) is 20.2. The first-order valence-electron chi connectivity index (χ1n) is 9.54. The van der Waals surface area contributed by atoms with Crippen molar-refractivity contribution in [2.75, 3.05) is 7.05 Å². The number of nitrogens with one attached hydrogen (secondary N) is 1. The number of nitrogens with zero attached hydrogens (tertiary/aromatic N) is 5. The average molecular weight is 405 g/mol. The highest BCUT2D eigenvalue weighted by Crippen LogP contribution is 2.16. The molecule has 2 heterocycles. The molecule has 0 spiro atoms. The van der Waals surface area contributed by atoms with Crippen molar-refractivity contribution in [2.45, 2.75) is 26.7 Å². The van der Waals surface area contributed by atoms with Crippen molar-refractivity contribution in [1.82, 2.24) is 29.4 Å². The Morgan fingerprint density at radius 1 is 1.03 bits per heavy atom. The predicted octanol–water partition coefficient (Wildman–Crippen LogP) is 4.25. The lowest BCUT2D eigenvalue weighted by Gasteiger charge is -2.15. The lowest BCUT2D eigenvalue weighted by atomic mass is 10.1. The smallest absolute Gasteiger partial charge is 0.217 e. The molecule has 0 bridgehead atoms. The van der Waals surface area contributed by atoms with Gasteiger partial charge in [-0.05, 0) is 31.8 Å². The summed E-state index contributed by atoms with van der Waals surface area (Å²) in [4.78, 5) is 6.68. The third kappa shape index (κ3) is 4.88. The van der Waals surface area contributed by atoms with Gasteiger partial charge >= 0.3 is 0 Å². The summed E-state index contributed by atoms with van der Waals surface area (Å²) in [6.07, 6.45) is 4.01. The molecule has 0 fully saturated rings. The SMILES string of the molecule is Cc1ccc(-c2nc(=S)n(CN(C)Cc3cnn(Cc4ccccc4)c3)[nH]2)cc1. The van der Waals surface area contributed by atoms with Crippen molar-refractivity contribution >= 4 is 12.2 Å². The average Bonchev–Trinajstić information content (AvgIpc) is 3.29. The van der Waals surface area contributed by atoms with E-state index < -0.39 is 0 Å². The standard InChI is InChI=1S/C22H24N6S/c1-17-8-10-20(11-9-17)21-24-22(29)28(25-21)16-26(2)13-19-12-23-27(15-19)14-18-6-4-3-5-7-18/h3-12,15H,13-14,16H2,1-2H3,(H,24,25,29). The quantitative estimate of drug-likeness (QED) is 0.468. The molecule has 0 unspecified atom stereocenters. The van der Waals surface area contributed by atoms with E-state index in [0.717, 1.165) is 30.0 Å². The Hall–Kier alpha value is -3.03. The van der Waals surface area contributed by atoms with E-state index in [-0.39, 0.29) is 0 Å². The first kappa shape index (κ1) is 19.3. The summed E-state index contributed by atoms with van der Waals surface area (Å²) in [5.74, 6) is 0.791. The molecule has 0 saturated heterocycles. The van der Waals surface area contributed by atoms with E-state index in [1.54, 1.807) is 0 Å². The lowest BCUT2D eigenvalue weighted by Crippen LogP contribution is -2.22. The summed E-state index contributed by atoms with van der Waals surface area (Å²) >= 11 is 5.44. The van der Waals surface area contributed by atoms with Gasteiger partial charge in [0.05, 0.1) is 19.4 Å². The van der Waals surface area contributed by atoms with Gasteiger partial charge in [-0.2, -0.15) is 10.1 Å². The maximum absolute atomic E-state index is 5.44. The minimum atomic E-state index is 0.548. The summed E-state index contributed by atoms with van der Waals surface area (Å²) in [6, 6.07) is 18.6. The maximum atomic E-state index is 5.44. The Balaban J connectivity index is 1.39. The molecule has 4 aromatic rings. The first-order chi connectivity index (χ1) is 14.1. The second-order valence-electron chi connectivity index (χ2n) is 7.34. The van der Waals surface area contributed by atoms with Gasteiger partial charge in [-0.25, -0.2) is 4.68 Å².